The number of rotatable bonds is 5. The molecule has 5 heteroatoms. The molecule has 0 saturated carbocycles. The number of hydrogen-bond donors (Lipinski definition) is 2. The minimum absolute atomic E-state index is 0.184. The third kappa shape index (κ3) is 5.85. The standard InChI is InChI=1S/C16H23NO4/c1-5-11-8-6-7-9-12(11)13(10-14(18)19)17-15(20)21-16(2,3)4/h6-9,13H,5,10H2,1-4H3,(H,17,20)(H,18,19)/t13-/m0/s1. The van der Waals surface area contributed by atoms with Crippen LogP contribution < -0.4 is 5.32 Å². The zero-order chi connectivity index (χ0) is 16.0. The number of hydrogen-bond acceptors (Lipinski definition) is 3. The van der Waals surface area contributed by atoms with Crippen molar-refractivity contribution in [3.63, 3.8) is 0 Å². The van der Waals surface area contributed by atoms with Gasteiger partial charge in [0.05, 0.1) is 12.5 Å². The SMILES string of the molecule is CCc1ccccc1[C@H](CC(=O)O)NC(=O)OC(C)(C)C. The predicted octanol–water partition coefficient (Wildman–Crippen LogP) is 3.29. The van der Waals surface area contributed by atoms with E-state index in [9.17, 15) is 9.59 Å². The maximum atomic E-state index is 11.9. The number of aliphatic carboxylic acids is 1. The number of carbonyl (C=O) groups excluding carboxylic acids is 1. The van der Waals surface area contributed by atoms with Crippen LogP contribution in [0.3, 0.4) is 0 Å². The van der Waals surface area contributed by atoms with E-state index >= 15 is 0 Å². The smallest absolute Gasteiger partial charge is 0.408 e. The van der Waals surface area contributed by atoms with Crippen LogP contribution in [0.1, 0.15) is 51.3 Å². The number of ether oxygens (including phenoxy) is 1. The Kier molecular flexibility index (Phi) is 5.76. The van der Waals surface area contributed by atoms with Crippen molar-refractivity contribution in [3.8, 4) is 0 Å². The Balaban J connectivity index is 2.95. The summed E-state index contributed by atoms with van der Waals surface area (Å²) >= 11 is 0. The molecule has 1 rings (SSSR count). The number of carbonyl (C=O) groups is 2. The summed E-state index contributed by atoms with van der Waals surface area (Å²) in [5.74, 6) is -0.970. The molecular weight excluding hydrogens is 270 g/mol. The maximum Gasteiger partial charge on any atom is 0.408 e. The fourth-order valence-corrected chi connectivity index (χ4v) is 2.06. The lowest BCUT2D eigenvalue weighted by Gasteiger charge is -2.24. The van der Waals surface area contributed by atoms with Crippen molar-refractivity contribution < 1.29 is 19.4 Å². The maximum absolute atomic E-state index is 11.9. The Morgan fingerprint density at radius 1 is 1.29 bits per heavy atom. The first-order valence-corrected chi connectivity index (χ1v) is 7.02. The summed E-state index contributed by atoms with van der Waals surface area (Å²) < 4.78 is 5.20. The van der Waals surface area contributed by atoms with Crippen LogP contribution in [-0.2, 0) is 16.0 Å². The van der Waals surface area contributed by atoms with Gasteiger partial charge in [-0.15, -0.1) is 0 Å². The molecular formula is C16H23NO4. The number of benzene rings is 1. The van der Waals surface area contributed by atoms with Gasteiger partial charge in [-0.05, 0) is 38.3 Å². The second-order valence-corrected chi connectivity index (χ2v) is 5.85. The van der Waals surface area contributed by atoms with E-state index in [1.165, 1.54) is 0 Å². The monoisotopic (exact) mass is 293 g/mol. The molecule has 1 atom stereocenters. The number of amides is 1. The molecule has 1 amide bonds. The fourth-order valence-electron chi connectivity index (χ4n) is 2.06. The highest BCUT2D eigenvalue weighted by molar-refractivity contribution is 5.72. The molecule has 0 bridgehead atoms. The van der Waals surface area contributed by atoms with Crippen LogP contribution in [0.5, 0.6) is 0 Å². The summed E-state index contributed by atoms with van der Waals surface area (Å²) in [4.78, 5) is 23.0. The molecule has 0 heterocycles. The van der Waals surface area contributed by atoms with Crippen LogP contribution in [0.2, 0.25) is 0 Å². The number of alkyl carbamates (subject to hydrolysis) is 1. The Hall–Kier alpha value is -2.04. The van der Waals surface area contributed by atoms with Gasteiger partial charge < -0.3 is 15.2 Å². The van der Waals surface area contributed by atoms with Crippen LogP contribution in [0.15, 0.2) is 24.3 Å². The molecule has 0 saturated heterocycles. The second-order valence-electron chi connectivity index (χ2n) is 5.85. The Labute approximate surface area is 125 Å². The minimum atomic E-state index is -0.970. The minimum Gasteiger partial charge on any atom is -0.481 e. The average molecular weight is 293 g/mol. The van der Waals surface area contributed by atoms with Crippen molar-refractivity contribution in [2.45, 2.75) is 52.2 Å². The van der Waals surface area contributed by atoms with Gasteiger partial charge in [0.1, 0.15) is 5.60 Å². The van der Waals surface area contributed by atoms with E-state index in [0.717, 1.165) is 17.5 Å². The van der Waals surface area contributed by atoms with Gasteiger partial charge in [-0.1, -0.05) is 31.2 Å². The van der Waals surface area contributed by atoms with Crippen LogP contribution in [0.25, 0.3) is 0 Å². The summed E-state index contributed by atoms with van der Waals surface area (Å²) in [6, 6.07) is 6.90. The lowest BCUT2D eigenvalue weighted by Crippen LogP contribution is -2.36. The fraction of sp³-hybridized carbons (Fsp3) is 0.500. The highest BCUT2D eigenvalue weighted by Gasteiger charge is 2.23. The average Bonchev–Trinajstić information content (AvgIpc) is 2.35. The van der Waals surface area contributed by atoms with Crippen LogP contribution >= 0.6 is 0 Å². The number of aryl methyl sites for hydroxylation is 1. The summed E-state index contributed by atoms with van der Waals surface area (Å²) in [7, 11) is 0. The zero-order valence-electron chi connectivity index (χ0n) is 13.0. The summed E-state index contributed by atoms with van der Waals surface area (Å²) in [5, 5.41) is 11.7. The molecule has 0 fully saturated rings. The quantitative estimate of drug-likeness (QED) is 0.873. The van der Waals surface area contributed by atoms with Crippen molar-refractivity contribution in [1.29, 1.82) is 0 Å². The normalized spacial score (nSPS) is 12.6. The Morgan fingerprint density at radius 2 is 1.90 bits per heavy atom. The number of carboxylic acid groups (broad SMARTS) is 1. The van der Waals surface area contributed by atoms with Crippen molar-refractivity contribution in [2.24, 2.45) is 0 Å². The molecule has 0 unspecified atom stereocenters. The second kappa shape index (κ2) is 7.11. The van der Waals surface area contributed by atoms with E-state index in [1.54, 1.807) is 20.8 Å². The molecule has 21 heavy (non-hydrogen) atoms. The summed E-state index contributed by atoms with van der Waals surface area (Å²) in [6.45, 7) is 7.28. The summed E-state index contributed by atoms with van der Waals surface area (Å²) in [6.07, 6.45) is -0.0295. The molecule has 0 aliphatic rings. The number of carboxylic acids is 1. The molecule has 0 radical (unpaired) electrons. The molecule has 1 aromatic rings. The third-order valence-corrected chi connectivity index (χ3v) is 2.88. The van der Waals surface area contributed by atoms with Gasteiger partial charge in [0.2, 0.25) is 0 Å². The van der Waals surface area contributed by atoms with Gasteiger partial charge in [-0.25, -0.2) is 4.79 Å². The van der Waals surface area contributed by atoms with Crippen LogP contribution in [0, 0.1) is 0 Å². The van der Waals surface area contributed by atoms with Gasteiger partial charge in [-0.2, -0.15) is 0 Å². The zero-order valence-corrected chi connectivity index (χ0v) is 13.0. The van der Waals surface area contributed by atoms with Crippen LogP contribution in [-0.4, -0.2) is 22.8 Å². The summed E-state index contributed by atoms with van der Waals surface area (Å²) in [5.41, 5.74) is 1.20. The van der Waals surface area contributed by atoms with E-state index in [4.69, 9.17) is 9.84 Å². The first-order chi connectivity index (χ1) is 9.73. The Bertz CT molecular complexity index is 505. The predicted molar refractivity (Wildman–Crippen MR) is 80.2 cm³/mol. The van der Waals surface area contributed by atoms with Gasteiger partial charge >= 0.3 is 12.1 Å². The molecule has 1 aromatic carbocycles. The topological polar surface area (TPSA) is 75.6 Å². The van der Waals surface area contributed by atoms with Gasteiger partial charge in [0.25, 0.3) is 0 Å². The van der Waals surface area contributed by atoms with Crippen molar-refractivity contribution in [3.05, 3.63) is 35.4 Å². The van der Waals surface area contributed by atoms with Gasteiger partial charge in [0, 0.05) is 0 Å². The van der Waals surface area contributed by atoms with Crippen molar-refractivity contribution >= 4 is 12.1 Å². The highest BCUT2D eigenvalue weighted by atomic mass is 16.6. The Morgan fingerprint density at radius 3 is 2.43 bits per heavy atom. The van der Waals surface area contributed by atoms with E-state index < -0.39 is 23.7 Å². The first-order valence-electron chi connectivity index (χ1n) is 7.02. The molecule has 0 aliphatic heterocycles. The van der Waals surface area contributed by atoms with Gasteiger partial charge in [-0.3, -0.25) is 4.79 Å². The van der Waals surface area contributed by atoms with Crippen molar-refractivity contribution in [1.82, 2.24) is 5.32 Å². The molecule has 2 N–H and O–H groups in total. The lowest BCUT2D eigenvalue weighted by molar-refractivity contribution is -0.137. The molecule has 116 valence electrons. The largest absolute Gasteiger partial charge is 0.481 e. The van der Waals surface area contributed by atoms with E-state index in [0.29, 0.717) is 0 Å². The van der Waals surface area contributed by atoms with E-state index in [-0.39, 0.29) is 6.42 Å². The highest BCUT2D eigenvalue weighted by Crippen LogP contribution is 2.22. The van der Waals surface area contributed by atoms with E-state index in [1.807, 2.05) is 31.2 Å². The van der Waals surface area contributed by atoms with Crippen molar-refractivity contribution in [2.75, 3.05) is 0 Å². The van der Waals surface area contributed by atoms with Crippen LogP contribution in [0.4, 0.5) is 4.79 Å². The van der Waals surface area contributed by atoms with Gasteiger partial charge in [0.15, 0.2) is 0 Å². The number of nitrogens with one attached hydrogen (secondary N) is 1. The molecule has 0 aromatic heterocycles. The third-order valence-electron chi connectivity index (χ3n) is 2.88. The van der Waals surface area contributed by atoms with E-state index in [2.05, 4.69) is 5.32 Å². The molecule has 0 aliphatic carbocycles. The molecule has 0 spiro atoms. The first kappa shape index (κ1) is 17.0. The molecule has 5 nitrogen and oxygen atoms in total. The lowest BCUT2D eigenvalue weighted by atomic mass is 9.96.